The number of urea groups is 2. The average Bonchev–Trinajstić information content (AvgIpc) is 3.56. The molecule has 6 atom stereocenters. The van der Waals surface area contributed by atoms with Crippen LogP contribution in [0.15, 0.2) is 0 Å². The lowest BCUT2D eigenvalue weighted by molar-refractivity contribution is -0.141. The Bertz CT molecular complexity index is 682. The Kier molecular flexibility index (Phi) is 10.5. The number of fused-ring (bicyclic) bond motifs is 2. The van der Waals surface area contributed by atoms with Crippen LogP contribution in [-0.2, 0) is 19.1 Å². The van der Waals surface area contributed by atoms with E-state index in [9.17, 15) is 19.2 Å². The lowest BCUT2D eigenvalue weighted by Gasteiger charge is -2.16. The lowest BCUT2D eigenvalue weighted by Crippen LogP contribution is -2.36. The van der Waals surface area contributed by atoms with Gasteiger partial charge in [-0.25, -0.2) is 9.59 Å². The van der Waals surface area contributed by atoms with Gasteiger partial charge >= 0.3 is 24.0 Å². The minimum Gasteiger partial charge on any atom is -0.469 e. The molecular formula is C22H36N4O6S2. The van der Waals surface area contributed by atoms with E-state index in [1.807, 2.05) is 23.5 Å². The first-order valence-corrected chi connectivity index (χ1v) is 14.0. The fourth-order valence-corrected chi connectivity index (χ4v) is 7.81. The Hall–Kier alpha value is -1.82. The fraction of sp³-hybridized carbons (Fsp3) is 0.818. The van der Waals surface area contributed by atoms with Crippen LogP contribution in [0.25, 0.3) is 0 Å². The van der Waals surface area contributed by atoms with Crippen molar-refractivity contribution in [2.45, 2.75) is 86.0 Å². The molecule has 1 unspecified atom stereocenters. The molecule has 0 spiro atoms. The number of methoxy groups -OCH3 is 2. The number of unbranched alkanes of at least 4 members (excludes halogenated alkanes) is 2. The van der Waals surface area contributed by atoms with Crippen LogP contribution in [0.4, 0.5) is 9.59 Å². The van der Waals surface area contributed by atoms with E-state index >= 15 is 0 Å². The number of amides is 4. The molecule has 0 aromatic rings. The summed E-state index contributed by atoms with van der Waals surface area (Å²) < 4.78 is 9.19. The highest BCUT2D eigenvalue weighted by atomic mass is 32.2. The predicted octanol–water partition coefficient (Wildman–Crippen LogP) is 1.77. The van der Waals surface area contributed by atoms with Gasteiger partial charge in [0.25, 0.3) is 0 Å². The summed E-state index contributed by atoms with van der Waals surface area (Å²) in [6.45, 7) is 0. The number of thioether (sulfide) groups is 2. The number of carbonyl (C=O) groups is 4. The molecule has 0 aromatic heterocycles. The van der Waals surface area contributed by atoms with Crippen molar-refractivity contribution in [1.29, 1.82) is 0 Å². The van der Waals surface area contributed by atoms with Crippen LogP contribution < -0.4 is 21.3 Å². The summed E-state index contributed by atoms with van der Waals surface area (Å²) in [5, 5.41) is 12.7. The van der Waals surface area contributed by atoms with Gasteiger partial charge in [-0.2, -0.15) is 23.5 Å². The van der Waals surface area contributed by atoms with Crippen LogP contribution in [0.5, 0.6) is 0 Å². The first-order valence-electron chi connectivity index (χ1n) is 11.9. The highest BCUT2D eigenvalue weighted by Gasteiger charge is 2.43. The van der Waals surface area contributed by atoms with Crippen molar-refractivity contribution in [3.63, 3.8) is 0 Å². The maximum Gasteiger partial charge on any atom is 0.315 e. The SMILES string of the molecule is COC(=O)CCCCC1SC[C@@H]2NC(=O)N[C@H]12.COC(=O)CCCC[C@@H]1SC[C@@H]2NC(=O)N[C@@H]21. The Morgan fingerprint density at radius 1 is 0.735 bits per heavy atom. The predicted molar refractivity (Wildman–Crippen MR) is 132 cm³/mol. The molecule has 12 heteroatoms. The molecule has 0 radical (unpaired) electrons. The van der Waals surface area contributed by atoms with E-state index in [-0.39, 0.29) is 48.2 Å². The zero-order chi connectivity index (χ0) is 24.5. The normalized spacial score (nSPS) is 30.6. The van der Waals surface area contributed by atoms with Gasteiger partial charge in [-0.05, 0) is 25.7 Å². The number of carbonyl (C=O) groups excluding carboxylic acids is 4. The van der Waals surface area contributed by atoms with Gasteiger partial charge in [0, 0.05) is 34.8 Å². The van der Waals surface area contributed by atoms with Gasteiger partial charge in [0.05, 0.1) is 38.4 Å². The third kappa shape index (κ3) is 7.59. The number of esters is 2. The van der Waals surface area contributed by atoms with Crippen LogP contribution in [0.1, 0.15) is 51.4 Å². The first kappa shape index (κ1) is 26.8. The Morgan fingerprint density at radius 3 is 1.53 bits per heavy atom. The molecular weight excluding hydrogens is 480 g/mol. The molecule has 0 saturated carbocycles. The summed E-state index contributed by atoms with van der Waals surface area (Å²) in [6, 6.07) is 1.03. The van der Waals surface area contributed by atoms with Crippen molar-refractivity contribution in [3.8, 4) is 0 Å². The molecule has 4 saturated heterocycles. The third-order valence-electron chi connectivity index (χ3n) is 6.57. The third-order valence-corrected chi connectivity index (χ3v) is 9.59. The quantitative estimate of drug-likeness (QED) is 0.196. The summed E-state index contributed by atoms with van der Waals surface area (Å²) in [5.74, 6) is 1.70. The molecule has 10 nitrogen and oxygen atoms in total. The van der Waals surface area contributed by atoms with E-state index in [1.54, 1.807) is 0 Å². The van der Waals surface area contributed by atoms with Gasteiger partial charge in [0.1, 0.15) is 0 Å². The molecule has 34 heavy (non-hydrogen) atoms. The molecule has 4 N–H and O–H groups in total. The largest absolute Gasteiger partial charge is 0.469 e. The number of hydrogen-bond acceptors (Lipinski definition) is 8. The molecule has 4 amide bonds. The smallest absolute Gasteiger partial charge is 0.315 e. The van der Waals surface area contributed by atoms with Crippen LogP contribution in [0, 0.1) is 0 Å². The maximum absolute atomic E-state index is 11.2. The van der Waals surface area contributed by atoms with Crippen molar-refractivity contribution in [3.05, 3.63) is 0 Å². The molecule has 4 rings (SSSR count). The molecule has 4 fully saturated rings. The fourth-order valence-electron chi connectivity index (χ4n) is 4.72. The zero-order valence-corrected chi connectivity index (χ0v) is 21.4. The minimum atomic E-state index is -0.141. The standard InChI is InChI=1S/2C11H18N2O3S/c2*1-16-9(14)5-3-2-4-8-10-7(6-17-8)12-11(15)13-10/h2*7-8,10H,2-6H2,1H3,(H2,12,13,15)/t7-,8?,10-;7-,8-,10-/m00/s1. The molecule has 192 valence electrons. The number of hydrogen-bond donors (Lipinski definition) is 4. The summed E-state index contributed by atoms with van der Waals surface area (Å²) >= 11 is 3.82. The molecule has 0 bridgehead atoms. The van der Waals surface area contributed by atoms with E-state index in [0.717, 1.165) is 50.0 Å². The van der Waals surface area contributed by atoms with E-state index < -0.39 is 0 Å². The van der Waals surface area contributed by atoms with Crippen molar-refractivity contribution in [2.75, 3.05) is 25.7 Å². The Morgan fingerprint density at radius 2 is 1.15 bits per heavy atom. The number of nitrogens with one attached hydrogen (secondary N) is 4. The van der Waals surface area contributed by atoms with Gasteiger partial charge in [0.2, 0.25) is 0 Å². The van der Waals surface area contributed by atoms with E-state index in [4.69, 9.17) is 0 Å². The van der Waals surface area contributed by atoms with Crippen LogP contribution >= 0.6 is 23.5 Å². The topological polar surface area (TPSA) is 135 Å². The molecule has 0 aliphatic carbocycles. The van der Waals surface area contributed by atoms with Crippen molar-refractivity contribution in [1.82, 2.24) is 21.3 Å². The molecule has 4 aliphatic rings. The molecule has 0 aromatic carbocycles. The van der Waals surface area contributed by atoms with E-state index in [2.05, 4.69) is 30.7 Å². The van der Waals surface area contributed by atoms with Crippen molar-refractivity contribution in [2.24, 2.45) is 0 Å². The van der Waals surface area contributed by atoms with E-state index in [0.29, 0.717) is 23.3 Å². The first-order chi connectivity index (χ1) is 16.4. The second-order valence-corrected chi connectivity index (χ2v) is 11.4. The van der Waals surface area contributed by atoms with Gasteiger partial charge < -0.3 is 30.7 Å². The average molecular weight is 517 g/mol. The maximum atomic E-state index is 11.2. The summed E-state index contributed by atoms with van der Waals surface area (Å²) in [4.78, 5) is 44.2. The van der Waals surface area contributed by atoms with Gasteiger partial charge in [-0.1, -0.05) is 12.8 Å². The summed E-state index contributed by atoms with van der Waals surface area (Å²) in [5.41, 5.74) is 0. The van der Waals surface area contributed by atoms with E-state index in [1.165, 1.54) is 14.2 Å². The van der Waals surface area contributed by atoms with Crippen molar-refractivity contribution < 1.29 is 28.7 Å². The second kappa shape index (κ2) is 13.3. The van der Waals surface area contributed by atoms with Crippen LogP contribution in [0.2, 0.25) is 0 Å². The van der Waals surface area contributed by atoms with Crippen LogP contribution in [-0.4, -0.2) is 84.4 Å². The second-order valence-electron chi connectivity index (χ2n) is 8.89. The monoisotopic (exact) mass is 516 g/mol. The van der Waals surface area contributed by atoms with Gasteiger partial charge in [-0.3, -0.25) is 9.59 Å². The zero-order valence-electron chi connectivity index (χ0n) is 19.8. The minimum absolute atomic E-state index is 0.0418. The Balaban J connectivity index is 0.000000191. The number of rotatable bonds is 10. The van der Waals surface area contributed by atoms with Crippen molar-refractivity contribution >= 4 is 47.5 Å². The molecule has 4 aliphatic heterocycles. The van der Waals surface area contributed by atoms with Gasteiger partial charge in [0.15, 0.2) is 0 Å². The summed E-state index contributed by atoms with van der Waals surface area (Å²) in [7, 11) is 2.83. The van der Waals surface area contributed by atoms with Crippen LogP contribution in [0.3, 0.4) is 0 Å². The highest BCUT2D eigenvalue weighted by molar-refractivity contribution is 8.00. The highest BCUT2D eigenvalue weighted by Crippen LogP contribution is 2.34. The lowest BCUT2D eigenvalue weighted by atomic mass is 10.0. The number of ether oxygens (including phenoxy) is 2. The Labute approximate surface area is 209 Å². The molecule has 4 heterocycles. The van der Waals surface area contributed by atoms with Gasteiger partial charge in [-0.15, -0.1) is 0 Å². The summed E-state index contributed by atoms with van der Waals surface area (Å²) in [6.07, 6.45) is 6.82.